The number of hydrogen-bond donors (Lipinski definition) is 1. The van der Waals surface area contributed by atoms with Crippen molar-refractivity contribution in [1.29, 1.82) is 0 Å². The van der Waals surface area contributed by atoms with Gasteiger partial charge in [-0.25, -0.2) is 4.79 Å². The molecule has 1 unspecified atom stereocenters. The van der Waals surface area contributed by atoms with Gasteiger partial charge in [-0.2, -0.15) is 0 Å². The molecular formula is C16H11BrO4S. The van der Waals surface area contributed by atoms with Gasteiger partial charge >= 0.3 is 6.16 Å². The van der Waals surface area contributed by atoms with Crippen LogP contribution in [-0.2, 0) is 4.74 Å². The van der Waals surface area contributed by atoms with Gasteiger partial charge in [-0.15, -0.1) is 11.8 Å². The monoisotopic (exact) mass is 378 g/mol. The van der Waals surface area contributed by atoms with Crippen molar-refractivity contribution in [2.45, 2.75) is 11.0 Å². The molecule has 2 aromatic rings. The highest BCUT2D eigenvalue weighted by Crippen LogP contribution is 2.44. The van der Waals surface area contributed by atoms with Gasteiger partial charge in [0, 0.05) is 31.8 Å². The van der Waals surface area contributed by atoms with Gasteiger partial charge < -0.3 is 9.84 Å². The Bertz CT molecular complexity index is 745. The predicted molar refractivity (Wildman–Crippen MR) is 86.6 cm³/mol. The summed E-state index contributed by atoms with van der Waals surface area (Å²) in [6.07, 6.45) is -1.85. The van der Waals surface area contributed by atoms with E-state index in [9.17, 15) is 9.59 Å². The molecule has 112 valence electrons. The molecule has 0 aliphatic carbocycles. The number of carbonyl (C=O) groups excluding carboxylic acids is 1. The first-order valence-corrected chi connectivity index (χ1v) is 8.29. The maximum atomic E-state index is 12.7. The molecule has 3 rings (SSSR count). The summed E-state index contributed by atoms with van der Waals surface area (Å²) in [5, 5.41) is 8.82. The summed E-state index contributed by atoms with van der Waals surface area (Å²) in [5.74, 6) is 0.397. The van der Waals surface area contributed by atoms with Gasteiger partial charge in [-0.05, 0) is 12.1 Å². The van der Waals surface area contributed by atoms with Crippen molar-refractivity contribution < 1.29 is 19.4 Å². The lowest BCUT2D eigenvalue weighted by Crippen LogP contribution is -2.09. The second-order valence-electron chi connectivity index (χ2n) is 4.75. The molecule has 0 amide bonds. The summed E-state index contributed by atoms with van der Waals surface area (Å²) in [4.78, 5) is 24.3. The van der Waals surface area contributed by atoms with Crippen LogP contribution in [0, 0.1) is 0 Å². The second kappa shape index (κ2) is 6.14. The highest BCUT2D eigenvalue weighted by atomic mass is 79.9. The Morgan fingerprint density at radius 3 is 2.64 bits per heavy atom. The number of rotatable bonds is 3. The predicted octanol–water partition coefficient (Wildman–Crippen LogP) is 4.52. The molecule has 0 radical (unpaired) electrons. The second-order valence-corrected chi connectivity index (χ2v) is 6.70. The van der Waals surface area contributed by atoms with Gasteiger partial charge in [0.1, 0.15) is 6.10 Å². The molecule has 1 N–H and O–H groups in total. The zero-order valence-corrected chi connectivity index (χ0v) is 13.7. The van der Waals surface area contributed by atoms with E-state index in [4.69, 9.17) is 9.84 Å². The largest absolute Gasteiger partial charge is 0.506 e. The highest BCUT2D eigenvalue weighted by molar-refractivity contribution is 9.10. The first-order valence-electron chi connectivity index (χ1n) is 6.52. The van der Waals surface area contributed by atoms with Crippen molar-refractivity contribution in [2.24, 2.45) is 0 Å². The van der Waals surface area contributed by atoms with Gasteiger partial charge in [0.15, 0.2) is 5.78 Å². The van der Waals surface area contributed by atoms with Crippen LogP contribution in [0.5, 0.6) is 0 Å². The summed E-state index contributed by atoms with van der Waals surface area (Å²) in [6, 6.07) is 12.6. The highest BCUT2D eigenvalue weighted by Gasteiger charge is 2.31. The number of carbonyl (C=O) groups is 2. The fourth-order valence-electron chi connectivity index (χ4n) is 2.40. The number of ketones is 1. The zero-order chi connectivity index (χ0) is 15.7. The van der Waals surface area contributed by atoms with Gasteiger partial charge in [-0.3, -0.25) is 4.79 Å². The number of hydrogen-bond acceptors (Lipinski definition) is 4. The van der Waals surface area contributed by atoms with Crippen LogP contribution in [0.3, 0.4) is 0 Å². The molecule has 0 aromatic heterocycles. The molecular weight excluding hydrogens is 368 g/mol. The molecule has 0 saturated heterocycles. The molecule has 1 atom stereocenters. The molecule has 22 heavy (non-hydrogen) atoms. The molecule has 0 spiro atoms. The Morgan fingerprint density at radius 1 is 1.23 bits per heavy atom. The minimum absolute atomic E-state index is 0.0818. The van der Waals surface area contributed by atoms with Crippen LogP contribution >= 0.6 is 27.7 Å². The summed E-state index contributed by atoms with van der Waals surface area (Å²) < 4.78 is 5.63. The van der Waals surface area contributed by atoms with Crippen molar-refractivity contribution >= 4 is 39.6 Å². The summed E-state index contributed by atoms with van der Waals surface area (Å²) in [7, 11) is 0. The zero-order valence-electron chi connectivity index (χ0n) is 11.3. The Hall–Kier alpha value is -1.79. The smallest absolute Gasteiger partial charge is 0.450 e. The Kier molecular flexibility index (Phi) is 4.22. The average Bonchev–Trinajstić information content (AvgIpc) is 2.89. The number of ether oxygens (including phenoxy) is 1. The van der Waals surface area contributed by atoms with E-state index in [1.807, 2.05) is 24.3 Å². The summed E-state index contributed by atoms with van der Waals surface area (Å²) in [5.41, 5.74) is 1.91. The molecule has 2 aromatic carbocycles. The lowest BCUT2D eigenvalue weighted by atomic mass is 10.00. The minimum atomic E-state index is -1.31. The fourth-order valence-corrected chi connectivity index (χ4v) is 4.10. The van der Waals surface area contributed by atoms with Crippen molar-refractivity contribution in [2.75, 3.05) is 5.75 Å². The van der Waals surface area contributed by atoms with Crippen LogP contribution in [0.15, 0.2) is 51.8 Å². The third kappa shape index (κ3) is 2.89. The van der Waals surface area contributed by atoms with Gasteiger partial charge in [0.05, 0.1) is 0 Å². The lowest BCUT2D eigenvalue weighted by molar-refractivity contribution is 0.0608. The fraction of sp³-hybridized carbons (Fsp3) is 0.125. The number of carboxylic acid groups (broad SMARTS) is 1. The molecule has 1 aliphatic heterocycles. The first-order chi connectivity index (χ1) is 10.6. The first kappa shape index (κ1) is 15.1. The third-order valence-electron chi connectivity index (χ3n) is 3.33. The number of halogens is 1. The van der Waals surface area contributed by atoms with E-state index >= 15 is 0 Å². The van der Waals surface area contributed by atoms with Crippen LogP contribution in [0.25, 0.3) is 0 Å². The van der Waals surface area contributed by atoms with E-state index in [1.54, 1.807) is 18.2 Å². The van der Waals surface area contributed by atoms with E-state index in [1.165, 1.54) is 11.8 Å². The van der Waals surface area contributed by atoms with Gasteiger partial charge in [0.2, 0.25) is 0 Å². The minimum Gasteiger partial charge on any atom is -0.450 e. The molecule has 4 nitrogen and oxygen atoms in total. The molecule has 0 bridgehead atoms. The molecule has 1 heterocycles. The number of fused-ring (bicyclic) bond motifs is 1. The van der Waals surface area contributed by atoms with Crippen molar-refractivity contribution in [3.63, 3.8) is 0 Å². The van der Waals surface area contributed by atoms with E-state index < -0.39 is 12.3 Å². The van der Waals surface area contributed by atoms with E-state index in [-0.39, 0.29) is 5.78 Å². The van der Waals surface area contributed by atoms with Crippen LogP contribution in [0.1, 0.15) is 27.6 Å². The van der Waals surface area contributed by atoms with Crippen LogP contribution in [0.4, 0.5) is 4.79 Å². The van der Waals surface area contributed by atoms with Crippen LogP contribution in [0.2, 0.25) is 0 Å². The number of benzene rings is 2. The van der Waals surface area contributed by atoms with Crippen LogP contribution in [-0.4, -0.2) is 22.8 Å². The average molecular weight is 379 g/mol. The third-order valence-corrected chi connectivity index (χ3v) is 5.00. The quantitative estimate of drug-likeness (QED) is 0.628. The van der Waals surface area contributed by atoms with Crippen LogP contribution < -0.4 is 0 Å². The lowest BCUT2D eigenvalue weighted by Gasteiger charge is -2.12. The summed E-state index contributed by atoms with van der Waals surface area (Å²) >= 11 is 4.83. The maximum Gasteiger partial charge on any atom is 0.506 e. The molecule has 1 aliphatic rings. The molecule has 6 heteroatoms. The summed E-state index contributed by atoms with van der Waals surface area (Å²) in [6.45, 7) is 0. The topological polar surface area (TPSA) is 63.6 Å². The normalized spacial score (nSPS) is 16.1. The Balaban J connectivity index is 2.04. The van der Waals surface area contributed by atoms with Gasteiger partial charge in [-0.1, -0.05) is 46.3 Å². The van der Waals surface area contributed by atoms with Crippen molar-refractivity contribution in [3.05, 3.63) is 63.6 Å². The SMILES string of the molecule is O=C(O)OC1CSc2c(C(=O)c3ccccc3)cc(Br)cc21. The standard InChI is InChI=1S/C16H11BrO4S/c17-10-6-11-13(21-16(19)20)8-22-15(11)12(7-10)14(18)9-4-2-1-3-5-9/h1-7,13H,8H2,(H,19,20). The Morgan fingerprint density at radius 2 is 1.95 bits per heavy atom. The van der Waals surface area contributed by atoms with E-state index in [0.29, 0.717) is 16.9 Å². The Labute approximate surface area is 139 Å². The van der Waals surface area contributed by atoms with E-state index in [2.05, 4.69) is 15.9 Å². The van der Waals surface area contributed by atoms with Gasteiger partial charge in [0.25, 0.3) is 0 Å². The number of thioether (sulfide) groups is 1. The van der Waals surface area contributed by atoms with Crippen molar-refractivity contribution in [3.8, 4) is 0 Å². The van der Waals surface area contributed by atoms with E-state index in [0.717, 1.165) is 14.9 Å². The molecule has 0 fully saturated rings. The maximum absolute atomic E-state index is 12.7. The van der Waals surface area contributed by atoms with Crippen molar-refractivity contribution in [1.82, 2.24) is 0 Å². The molecule has 0 saturated carbocycles.